The van der Waals surface area contributed by atoms with Crippen LogP contribution in [0.4, 0.5) is 0 Å². The topological polar surface area (TPSA) is 77.1 Å². The predicted octanol–water partition coefficient (Wildman–Crippen LogP) is 4.48. The van der Waals surface area contributed by atoms with Crippen molar-refractivity contribution in [2.24, 2.45) is 0 Å². The molecule has 0 atom stereocenters. The minimum atomic E-state index is -0.400. The van der Waals surface area contributed by atoms with E-state index in [4.69, 9.17) is 9.47 Å². The Bertz CT molecular complexity index is 1120. The van der Waals surface area contributed by atoms with Crippen LogP contribution in [0.5, 0.6) is 5.75 Å². The summed E-state index contributed by atoms with van der Waals surface area (Å²) in [5.41, 5.74) is 4.07. The summed E-state index contributed by atoms with van der Waals surface area (Å²) in [5, 5.41) is 8.03. The predicted molar refractivity (Wildman–Crippen MR) is 107 cm³/mol. The van der Waals surface area contributed by atoms with Gasteiger partial charge in [0, 0.05) is 11.1 Å². The lowest BCUT2D eigenvalue weighted by molar-refractivity contribution is 0.0528. The minimum absolute atomic E-state index is 0.291. The molecule has 6 heteroatoms. The first-order valence-corrected chi connectivity index (χ1v) is 8.97. The van der Waals surface area contributed by atoms with E-state index in [1.54, 1.807) is 20.1 Å². The van der Waals surface area contributed by atoms with Crippen LogP contribution in [0.1, 0.15) is 17.3 Å². The van der Waals surface area contributed by atoms with Gasteiger partial charge < -0.3 is 9.47 Å². The molecule has 0 bridgehead atoms. The van der Waals surface area contributed by atoms with Gasteiger partial charge in [0.1, 0.15) is 5.75 Å². The number of methoxy groups -OCH3 is 1. The first-order valence-electron chi connectivity index (χ1n) is 8.97. The van der Waals surface area contributed by atoms with Crippen LogP contribution in [0.2, 0.25) is 0 Å². The van der Waals surface area contributed by atoms with Gasteiger partial charge in [0.25, 0.3) is 0 Å². The molecule has 4 rings (SSSR count). The normalized spacial score (nSPS) is 10.8. The van der Waals surface area contributed by atoms with Gasteiger partial charge in [0.15, 0.2) is 5.65 Å². The summed E-state index contributed by atoms with van der Waals surface area (Å²) in [6.07, 6.45) is 0. The molecule has 0 spiro atoms. The van der Waals surface area contributed by atoms with E-state index in [9.17, 15) is 4.79 Å². The third-order valence-corrected chi connectivity index (χ3v) is 4.47. The van der Waals surface area contributed by atoms with Crippen LogP contribution in [0.3, 0.4) is 0 Å². The third kappa shape index (κ3) is 3.20. The molecule has 4 aromatic rings. The van der Waals surface area contributed by atoms with Gasteiger partial charge in [-0.05, 0) is 37.3 Å². The van der Waals surface area contributed by atoms with Crippen LogP contribution in [-0.2, 0) is 4.74 Å². The molecule has 0 fully saturated rings. The van der Waals surface area contributed by atoms with E-state index in [-0.39, 0.29) is 0 Å². The molecule has 0 aliphatic carbocycles. The van der Waals surface area contributed by atoms with E-state index in [0.29, 0.717) is 28.9 Å². The molecule has 0 aliphatic rings. The molecule has 0 amide bonds. The number of hydrogen-bond acceptors (Lipinski definition) is 5. The number of pyridine rings is 1. The zero-order valence-corrected chi connectivity index (χ0v) is 15.6. The highest BCUT2D eigenvalue weighted by molar-refractivity contribution is 6.08. The summed E-state index contributed by atoms with van der Waals surface area (Å²) < 4.78 is 10.5. The van der Waals surface area contributed by atoms with Crippen molar-refractivity contribution in [2.45, 2.75) is 6.92 Å². The Morgan fingerprint density at radius 1 is 1.04 bits per heavy atom. The van der Waals surface area contributed by atoms with Crippen LogP contribution in [0.25, 0.3) is 33.5 Å². The molecule has 0 saturated heterocycles. The smallest absolute Gasteiger partial charge is 0.339 e. The molecular weight excluding hydrogens is 354 g/mol. The van der Waals surface area contributed by atoms with Gasteiger partial charge in [-0.15, -0.1) is 0 Å². The number of aromatic nitrogens is 3. The van der Waals surface area contributed by atoms with E-state index < -0.39 is 5.97 Å². The van der Waals surface area contributed by atoms with Gasteiger partial charge in [-0.2, -0.15) is 5.10 Å². The summed E-state index contributed by atoms with van der Waals surface area (Å²) in [5.74, 6) is 0.352. The largest absolute Gasteiger partial charge is 0.497 e. The average molecular weight is 373 g/mol. The lowest BCUT2D eigenvalue weighted by atomic mass is 10.0. The summed E-state index contributed by atoms with van der Waals surface area (Å²) in [7, 11) is 1.62. The fraction of sp³-hybridized carbons (Fsp3) is 0.136. The number of nitrogens with one attached hydrogen (secondary N) is 1. The number of benzene rings is 2. The van der Waals surface area contributed by atoms with E-state index in [1.165, 1.54) is 0 Å². The number of nitrogens with zero attached hydrogens (tertiary/aromatic N) is 2. The van der Waals surface area contributed by atoms with E-state index in [2.05, 4.69) is 15.2 Å². The van der Waals surface area contributed by atoms with Gasteiger partial charge in [-0.1, -0.05) is 30.3 Å². The molecule has 2 aromatic carbocycles. The van der Waals surface area contributed by atoms with Crippen molar-refractivity contribution in [3.63, 3.8) is 0 Å². The molecule has 140 valence electrons. The molecule has 6 nitrogen and oxygen atoms in total. The van der Waals surface area contributed by atoms with Crippen molar-refractivity contribution < 1.29 is 14.3 Å². The second-order valence-corrected chi connectivity index (χ2v) is 6.17. The second kappa shape index (κ2) is 7.52. The maximum absolute atomic E-state index is 12.7. The standard InChI is InChI=1S/C22H19N3O3/c1-3-28-22(26)17-13-18(14-9-11-16(27-2)12-10-14)23-21-19(17)20(24-25-21)15-7-5-4-6-8-15/h4-13H,3H2,1-2H3,(H,23,24,25). The molecule has 0 radical (unpaired) electrons. The van der Waals surface area contributed by atoms with Gasteiger partial charge in [0.2, 0.25) is 0 Å². The van der Waals surface area contributed by atoms with Crippen molar-refractivity contribution in [2.75, 3.05) is 13.7 Å². The van der Waals surface area contributed by atoms with Crippen LogP contribution < -0.4 is 4.74 Å². The Hall–Kier alpha value is -3.67. The van der Waals surface area contributed by atoms with Crippen molar-refractivity contribution in [3.05, 3.63) is 66.2 Å². The van der Waals surface area contributed by atoms with E-state index in [1.807, 2.05) is 54.6 Å². The second-order valence-electron chi connectivity index (χ2n) is 6.17. The van der Waals surface area contributed by atoms with Crippen LogP contribution in [0.15, 0.2) is 60.7 Å². The zero-order valence-electron chi connectivity index (χ0n) is 15.6. The average Bonchev–Trinajstić information content (AvgIpc) is 3.18. The quantitative estimate of drug-likeness (QED) is 0.522. The summed E-state index contributed by atoms with van der Waals surface area (Å²) in [6.45, 7) is 2.08. The molecule has 1 N–H and O–H groups in total. The zero-order chi connectivity index (χ0) is 19.5. The molecule has 0 aliphatic heterocycles. The number of H-pyrrole nitrogens is 1. The fourth-order valence-corrected chi connectivity index (χ4v) is 3.12. The molecular formula is C22H19N3O3. The van der Waals surface area contributed by atoms with Gasteiger partial charge >= 0.3 is 5.97 Å². The van der Waals surface area contributed by atoms with Gasteiger partial charge in [-0.3, -0.25) is 5.10 Å². The molecule has 2 heterocycles. The van der Waals surface area contributed by atoms with Crippen molar-refractivity contribution in [1.29, 1.82) is 0 Å². The highest BCUT2D eigenvalue weighted by atomic mass is 16.5. The number of fused-ring (bicyclic) bond motifs is 1. The number of carbonyl (C=O) groups excluding carboxylic acids is 1. The molecule has 2 aromatic heterocycles. The molecule has 0 unspecified atom stereocenters. The third-order valence-electron chi connectivity index (χ3n) is 4.47. The Morgan fingerprint density at radius 3 is 2.46 bits per heavy atom. The number of carbonyl (C=O) groups is 1. The highest BCUT2D eigenvalue weighted by Crippen LogP contribution is 2.32. The van der Waals surface area contributed by atoms with Crippen molar-refractivity contribution in [1.82, 2.24) is 15.2 Å². The summed E-state index contributed by atoms with van der Waals surface area (Å²) in [4.78, 5) is 17.4. The first kappa shape index (κ1) is 17.7. The maximum atomic E-state index is 12.7. The lowest BCUT2D eigenvalue weighted by Crippen LogP contribution is -2.06. The van der Waals surface area contributed by atoms with Crippen LogP contribution in [-0.4, -0.2) is 34.9 Å². The minimum Gasteiger partial charge on any atom is -0.497 e. The van der Waals surface area contributed by atoms with E-state index in [0.717, 1.165) is 22.6 Å². The van der Waals surface area contributed by atoms with Crippen LogP contribution >= 0.6 is 0 Å². The van der Waals surface area contributed by atoms with E-state index >= 15 is 0 Å². The monoisotopic (exact) mass is 373 g/mol. The highest BCUT2D eigenvalue weighted by Gasteiger charge is 2.21. The Morgan fingerprint density at radius 2 is 1.79 bits per heavy atom. The lowest BCUT2D eigenvalue weighted by Gasteiger charge is -2.08. The van der Waals surface area contributed by atoms with Gasteiger partial charge in [0.05, 0.1) is 36.1 Å². The fourth-order valence-electron chi connectivity index (χ4n) is 3.12. The number of hydrogen-bond donors (Lipinski definition) is 1. The summed E-state index contributed by atoms with van der Waals surface area (Å²) >= 11 is 0. The number of aromatic amines is 1. The Balaban J connectivity index is 1.92. The maximum Gasteiger partial charge on any atom is 0.339 e. The summed E-state index contributed by atoms with van der Waals surface area (Å²) in [6, 6.07) is 19.0. The van der Waals surface area contributed by atoms with Crippen molar-refractivity contribution in [3.8, 4) is 28.3 Å². The SMILES string of the molecule is CCOC(=O)c1cc(-c2ccc(OC)cc2)nc2n[nH]c(-c3ccccc3)c12. The number of ether oxygens (including phenoxy) is 2. The molecule has 28 heavy (non-hydrogen) atoms. The number of esters is 1. The first-order chi connectivity index (χ1) is 13.7. The van der Waals surface area contributed by atoms with Crippen LogP contribution in [0, 0.1) is 0 Å². The van der Waals surface area contributed by atoms with Gasteiger partial charge in [-0.25, -0.2) is 9.78 Å². The molecule has 0 saturated carbocycles. The number of rotatable bonds is 5. The Labute approximate surface area is 162 Å². The van der Waals surface area contributed by atoms with Crippen molar-refractivity contribution >= 4 is 17.0 Å². The Kier molecular flexibility index (Phi) is 4.76.